The van der Waals surface area contributed by atoms with Gasteiger partial charge in [-0.05, 0) is 36.8 Å². The Bertz CT molecular complexity index is 1100. The topological polar surface area (TPSA) is 54.9 Å². The van der Waals surface area contributed by atoms with Crippen molar-refractivity contribution in [1.29, 1.82) is 0 Å². The quantitative estimate of drug-likeness (QED) is 0.667. The van der Waals surface area contributed by atoms with E-state index in [1.807, 2.05) is 25.1 Å². The molecule has 29 heavy (non-hydrogen) atoms. The van der Waals surface area contributed by atoms with E-state index in [0.29, 0.717) is 17.7 Å². The molecule has 0 atom stereocenters. The first-order valence-corrected chi connectivity index (χ1v) is 9.70. The van der Waals surface area contributed by atoms with E-state index in [4.69, 9.17) is 0 Å². The Balaban J connectivity index is 1.43. The van der Waals surface area contributed by atoms with E-state index >= 15 is 0 Å². The largest absolute Gasteiger partial charge is 0.416 e. The van der Waals surface area contributed by atoms with Crippen LogP contribution < -0.4 is 5.32 Å². The van der Waals surface area contributed by atoms with E-state index in [1.165, 1.54) is 12.1 Å². The fourth-order valence-electron chi connectivity index (χ4n) is 3.14. The molecule has 8 heteroatoms. The number of hydrogen-bond donors (Lipinski definition) is 1. The highest BCUT2D eigenvalue weighted by molar-refractivity contribution is 7.15. The average Bonchev–Trinajstić information content (AvgIpc) is 3.27. The first kappa shape index (κ1) is 19.3. The molecule has 2 aromatic heterocycles. The van der Waals surface area contributed by atoms with Crippen LogP contribution in [0.1, 0.15) is 27.4 Å². The summed E-state index contributed by atoms with van der Waals surface area (Å²) in [6.07, 6.45) is -0.0932. The van der Waals surface area contributed by atoms with Gasteiger partial charge in [-0.2, -0.15) is 13.2 Å². The van der Waals surface area contributed by atoms with Crippen molar-refractivity contribution >= 4 is 22.9 Å². The van der Waals surface area contributed by atoms with Crippen molar-refractivity contribution < 1.29 is 18.0 Å². The van der Waals surface area contributed by atoms with E-state index in [2.05, 4.69) is 15.3 Å². The molecular weight excluding hydrogens is 399 g/mol. The van der Waals surface area contributed by atoms with Gasteiger partial charge in [0.15, 0.2) is 0 Å². The smallest absolute Gasteiger partial charge is 0.325 e. The molecule has 0 spiro atoms. The van der Waals surface area contributed by atoms with Gasteiger partial charge in [0.25, 0.3) is 0 Å². The van der Waals surface area contributed by atoms with E-state index in [-0.39, 0.29) is 12.3 Å². The van der Waals surface area contributed by atoms with Gasteiger partial charge >= 0.3 is 6.18 Å². The second kappa shape index (κ2) is 7.44. The second-order valence-electron chi connectivity index (χ2n) is 6.68. The molecule has 3 aromatic rings. The lowest BCUT2D eigenvalue weighted by Gasteiger charge is -2.10. The number of aromatic nitrogens is 2. The van der Waals surface area contributed by atoms with E-state index in [0.717, 1.165) is 39.0 Å². The molecule has 1 aliphatic rings. The van der Waals surface area contributed by atoms with Crippen molar-refractivity contribution in [1.82, 2.24) is 15.3 Å². The highest BCUT2D eigenvalue weighted by Gasteiger charge is 2.30. The zero-order valence-electron chi connectivity index (χ0n) is 15.4. The number of benzene rings is 1. The monoisotopic (exact) mass is 415 g/mol. The third kappa shape index (κ3) is 4.22. The minimum atomic E-state index is -4.39. The maximum absolute atomic E-state index is 12.6. The number of alkyl halides is 3. The molecule has 1 aromatic carbocycles. The van der Waals surface area contributed by atoms with Crippen LogP contribution in [0.25, 0.3) is 16.3 Å². The molecule has 1 amide bonds. The van der Waals surface area contributed by atoms with Crippen LogP contribution in [-0.2, 0) is 23.8 Å². The predicted molar refractivity (Wildman–Crippen MR) is 105 cm³/mol. The van der Waals surface area contributed by atoms with Crippen molar-refractivity contribution in [2.45, 2.75) is 25.9 Å². The summed E-state index contributed by atoms with van der Waals surface area (Å²) in [5.41, 5.74) is 3.04. The molecule has 0 bridgehead atoms. The van der Waals surface area contributed by atoms with Crippen molar-refractivity contribution in [2.75, 3.05) is 0 Å². The number of aryl methyl sites for hydroxylation is 1. The van der Waals surface area contributed by atoms with Gasteiger partial charge in [-0.1, -0.05) is 18.2 Å². The van der Waals surface area contributed by atoms with Crippen LogP contribution in [0.3, 0.4) is 0 Å². The Kier molecular flexibility index (Phi) is 4.96. The third-order valence-electron chi connectivity index (χ3n) is 4.56. The van der Waals surface area contributed by atoms with Crippen molar-refractivity contribution in [3.63, 3.8) is 0 Å². The molecule has 0 fully saturated rings. The lowest BCUT2D eigenvalue weighted by atomic mass is 10.1. The van der Waals surface area contributed by atoms with Crippen LogP contribution in [0.4, 0.5) is 13.2 Å². The summed E-state index contributed by atoms with van der Waals surface area (Å²) >= 11 is 1.57. The van der Waals surface area contributed by atoms with Gasteiger partial charge in [0, 0.05) is 23.9 Å². The summed E-state index contributed by atoms with van der Waals surface area (Å²) < 4.78 is 37.9. The number of rotatable bonds is 4. The Morgan fingerprint density at radius 2 is 1.93 bits per heavy atom. The summed E-state index contributed by atoms with van der Waals surface area (Å²) in [6, 6.07) is 8.43. The third-order valence-corrected chi connectivity index (χ3v) is 5.49. The molecule has 0 aliphatic heterocycles. The van der Waals surface area contributed by atoms with E-state index < -0.39 is 11.7 Å². The highest BCUT2D eigenvalue weighted by atomic mass is 32.1. The minimum absolute atomic E-state index is 0.00351. The molecule has 2 heterocycles. The predicted octanol–water partition coefficient (Wildman–Crippen LogP) is 4.79. The molecule has 4 rings (SSSR count). The summed E-state index contributed by atoms with van der Waals surface area (Å²) in [6.45, 7) is 1.94. The Morgan fingerprint density at radius 3 is 2.59 bits per heavy atom. The maximum Gasteiger partial charge on any atom is 0.416 e. The minimum Gasteiger partial charge on any atom is -0.325 e. The van der Waals surface area contributed by atoms with Gasteiger partial charge in [0.05, 0.1) is 33.3 Å². The molecule has 0 radical (unpaired) electrons. The number of fused-ring (bicyclic) bond motifs is 1. The number of pyridine rings is 1. The van der Waals surface area contributed by atoms with Crippen LogP contribution in [-0.4, -0.2) is 15.9 Å². The number of nitrogens with zero attached hydrogens (tertiary/aromatic N) is 2. The normalized spacial score (nSPS) is 13.2. The first-order chi connectivity index (χ1) is 13.8. The highest BCUT2D eigenvalue weighted by Crippen LogP contribution is 2.31. The number of allylic oxidation sites excluding steroid dienone is 1. The lowest BCUT2D eigenvalue weighted by molar-refractivity contribution is -0.137. The summed E-state index contributed by atoms with van der Waals surface area (Å²) in [7, 11) is 0. The summed E-state index contributed by atoms with van der Waals surface area (Å²) in [4.78, 5) is 22.3. The fourth-order valence-corrected chi connectivity index (χ4v) is 3.88. The van der Waals surface area contributed by atoms with Gasteiger partial charge < -0.3 is 5.32 Å². The first-order valence-electron chi connectivity index (χ1n) is 8.89. The van der Waals surface area contributed by atoms with Crippen LogP contribution in [0.2, 0.25) is 0 Å². The Hall–Kier alpha value is -3.00. The Morgan fingerprint density at radius 1 is 1.17 bits per heavy atom. The molecule has 0 unspecified atom stereocenters. The molecule has 4 nitrogen and oxygen atoms in total. The van der Waals surface area contributed by atoms with Crippen LogP contribution in [0.15, 0.2) is 48.7 Å². The molecule has 0 saturated carbocycles. The van der Waals surface area contributed by atoms with Crippen molar-refractivity contribution in [3.05, 3.63) is 76.1 Å². The number of halogens is 3. The number of carbonyl (C=O) groups excluding carboxylic acids is 1. The second-order valence-corrected chi connectivity index (χ2v) is 7.91. The fraction of sp³-hybridized carbons (Fsp3) is 0.190. The molecule has 0 saturated heterocycles. The number of hydrogen-bond acceptors (Lipinski definition) is 4. The van der Waals surface area contributed by atoms with Crippen molar-refractivity contribution in [3.8, 4) is 10.6 Å². The van der Waals surface area contributed by atoms with Gasteiger partial charge in [-0.25, -0.2) is 4.98 Å². The van der Waals surface area contributed by atoms with Gasteiger partial charge in [-0.15, -0.1) is 11.3 Å². The number of amides is 1. The lowest BCUT2D eigenvalue weighted by Crippen LogP contribution is -2.23. The maximum atomic E-state index is 12.6. The van der Waals surface area contributed by atoms with Crippen LogP contribution >= 0.6 is 11.3 Å². The van der Waals surface area contributed by atoms with Gasteiger partial charge in [0.2, 0.25) is 5.91 Å². The molecule has 148 valence electrons. The van der Waals surface area contributed by atoms with Gasteiger partial charge in [0.1, 0.15) is 0 Å². The van der Waals surface area contributed by atoms with Crippen LogP contribution in [0, 0.1) is 6.92 Å². The average molecular weight is 415 g/mol. The summed E-state index contributed by atoms with van der Waals surface area (Å²) in [5, 5.41) is 3.81. The zero-order valence-corrected chi connectivity index (χ0v) is 16.2. The number of thiazole rings is 1. The molecule has 1 N–H and O–H groups in total. The molecule has 1 aliphatic carbocycles. The molecular formula is C21H16F3N3OS. The van der Waals surface area contributed by atoms with Crippen molar-refractivity contribution in [2.24, 2.45) is 0 Å². The van der Waals surface area contributed by atoms with E-state index in [1.54, 1.807) is 17.5 Å². The van der Waals surface area contributed by atoms with E-state index in [9.17, 15) is 18.0 Å². The van der Waals surface area contributed by atoms with Gasteiger partial charge in [-0.3, -0.25) is 9.78 Å². The SMILES string of the molecule is Cc1ncc(-c2ccc3c(n2)CC=C3NC(=O)Cc2ccc(C(F)(F)F)cc2)s1. The Labute approximate surface area is 169 Å². The van der Waals surface area contributed by atoms with Crippen LogP contribution in [0.5, 0.6) is 0 Å². The standard InChI is InChI=1S/C21H16F3N3OS/c1-12-25-11-19(29-12)18-7-6-15-16(26-18)8-9-17(15)27-20(28)10-13-2-4-14(5-3-13)21(22,23)24/h2-7,9,11H,8,10H2,1H3,(H,27,28). The summed E-state index contributed by atoms with van der Waals surface area (Å²) in [5.74, 6) is -0.286. The number of nitrogens with one attached hydrogen (secondary N) is 1. The zero-order chi connectivity index (χ0) is 20.6. The number of carbonyl (C=O) groups is 1.